The fourth-order valence-electron chi connectivity index (χ4n) is 2.19. The summed E-state index contributed by atoms with van der Waals surface area (Å²) in [5, 5.41) is 9.09. The number of amides is 1. The lowest BCUT2D eigenvalue weighted by Crippen LogP contribution is -2.40. The lowest BCUT2D eigenvalue weighted by Gasteiger charge is -2.25. The second-order valence-electron chi connectivity index (χ2n) is 4.03. The number of benzene rings is 1. The van der Waals surface area contributed by atoms with Crippen molar-refractivity contribution in [2.75, 3.05) is 11.4 Å². The lowest BCUT2D eigenvalue weighted by atomic mass is 10.1. The first-order valence-electron chi connectivity index (χ1n) is 5.39. The topological polar surface area (TPSA) is 70.1 Å². The highest BCUT2D eigenvalue weighted by Crippen LogP contribution is 2.30. The van der Waals surface area contributed by atoms with Crippen molar-refractivity contribution in [1.29, 1.82) is 5.26 Å². The average Bonchev–Trinajstić information content (AvgIpc) is 2.77. The first kappa shape index (κ1) is 11.9. The van der Waals surface area contributed by atoms with Crippen molar-refractivity contribution >= 4 is 27.5 Å². The first-order chi connectivity index (χ1) is 8.13. The molecule has 88 valence electrons. The second-order valence-corrected chi connectivity index (χ2v) is 4.94. The number of hydrogen-bond donors (Lipinski definition) is 1. The zero-order valence-corrected chi connectivity index (χ0v) is 10.8. The van der Waals surface area contributed by atoms with Crippen molar-refractivity contribution in [2.45, 2.75) is 18.9 Å². The minimum absolute atomic E-state index is 0.295. The maximum Gasteiger partial charge on any atom is 0.240 e. The van der Waals surface area contributed by atoms with Gasteiger partial charge in [-0.15, -0.1) is 0 Å². The minimum Gasteiger partial charge on any atom is -0.368 e. The number of carbonyl (C=O) groups is 1. The van der Waals surface area contributed by atoms with Gasteiger partial charge in [-0.3, -0.25) is 4.79 Å². The SMILES string of the molecule is N#Cc1ccc(Br)cc1N1CCCC1C(N)=O. The fourth-order valence-corrected chi connectivity index (χ4v) is 2.54. The Hall–Kier alpha value is -1.54. The molecular formula is C12H12BrN3O. The minimum atomic E-state index is -0.327. The van der Waals surface area contributed by atoms with Crippen LogP contribution in [-0.2, 0) is 4.79 Å². The molecule has 0 spiro atoms. The van der Waals surface area contributed by atoms with Gasteiger partial charge in [-0.05, 0) is 31.0 Å². The highest BCUT2D eigenvalue weighted by Gasteiger charge is 2.30. The summed E-state index contributed by atoms with van der Waals surface area (Å²) in [5.74, 6) is -0.327. The van der Waals surface area contributed by atoms with Gasteiger partial charge in [-0.25, -0.2) is 0 Å². The molecule has 5 heteroatoms. The van der Waals surface area contributed by atoms with E-state index in [0.717, 1.165) is 29.5 Å². The summed E-state index contributed by atoms with van der Waals surface area (Å²) in [6.07, 6.45) is 1.68. The van der Waals surface area contributed by atoms with E-state index in [4.69, 9.17) is 11.0 Å². The molecule has 1 fully saturated rings. The molecule has 0 radical (unpaired) electrons. The number of halogens is 1. The van der Waals surface area contributed by atoms with Crippen LogP contribution in [0, 0.1) is 11.3 Å². The Labute approximate surface area is 108 Å². The van der Waals surface area contributed by atoms with Crippen LogP contribution < -0.4 is 10.6 Å². The highest BCUT2D eigenvalue weighted by atomic mass is 79.9. The number of carbonyl (C=O) groups excluding carboxylic acids is 1. The van der Waals surface area contributed by atoms with Crippen LogP contribution in [0.1, 0.15) is 18.4 Å². The summed E-state index contributed by atoms with van der Waals surface area (Å²) >= 11 is 3.38. The van der Waals surface area contributed by atoms with Gasteiger partial charge in [-0.2, -0.15) is 5.26 Å². The zero-order valence-electron chi connectivity index (χ0n) is 9.19. The second kappa shape index (κ2) is 4.76. The maximum atomic E-state index is 11.4. The van der Waals surface area contributed by atoms with Crippen LogP contribution >= 0.6 is 15.9 Å². The molecule has 1 heterocycles. The van der Waals surface area contributed by atoms with Gasteiger partial charge in [-0.1, -0.05) is 15.9 Å². The van der Waals surface area contributed by atoms with E-state index in [0.29, 0.717) is 5.56 Å². The Balaban J connectivity index is 2.42. The van der Waals surface area contributed by atoms with E-state index in [2.05, 4.69) is 22.0 Å². The van der Waals surface area contributed by atoms with Gasteiger partial charge in [0.15, 0.2) is 0 Å². The van der Waals surface area contributed by atoms with Crippen LogP contribution in [0.4, 0.5) is 5.69 Å². The third-order valence-corrected chi connectivity index (χ3v) is 3.46. The molecule has 1 aromatic carbocycles. The van der Waals surface area contributed by atoms with Crippen molar-refractivity contribution < 1.29 is 4.79 Å². The Morgan fingerprint density at radius 3 is 3.00 bits per heavy atom. The summed E-state index contributed by atoms with van der Waals surface area (Å²) in [7, 11) is 0. The van der Waals surface area contributed by atoms with E-state index in [-0.39, 0.29) is 11.9 Å². The smallest absolute Gasteiger partial charge is 0.240 e. The number of nitriles is 1. The van der Waals surface area contributed by atoms with E-state index < -0.39 is 0 Å². The molecule has 1 saturated heterocycles. The molecule has 0 aromatic heterocycles. The van der Waals surface area contributed by atoms with Gasteiger partial charge >= 0.3 is 0 Å². The van der Waals surface area contributed by atoms with Crippen LogP contribution in [0.3, 0.4) is 0 Å². The van der Waals surface area contributed by atoms with Crippen molar-refractivity contribution in [1.82, 2.24) is 0 Å². The van der Waals surface area contributed by atoms with Crippen LogP contribution in [0.5, 0.6) is 0 Å². The predicted molar refractivity (Wildman–Crippen MR) is 68.4 cm³/mol. The largest absolute Gasteiger partial charge is 0.368 e. The van der Waals surface area contributed by atoms with Crippen molar-refractivity contribution in [3.63, 3.8) is 0 Å². The van der Waals surface area contributed by atoms with Crippen molar-refractivity contribution in [2.24, 2.45) is 5.73 Å². The number of rotatable bonds is 2. The number of primary amides is 1. The van der Waals surface area contributed by atoms with Crippen LogP contribution in [0.25, 0.3) is 0 Å². The van der Waals surface area contributed by atoms with Gasteiger partial charge in [0.2, 0.25) is 5.91 Å². The monoisotopic (exact) mass is 293 g/mol. The summed E-state index contributed by atoms with van der Waals surface area (Å²) in [5.41, 5.74) is 6.73. The molecule has 1 aliphatic rings. The molecule has 1 unspecified atom stereocenters. The Bertz CT molecular complexity index is 495. The molecule has 0 aliphatic carbocycles. The first-order valence-corrected chi connectivity index (χ1v) is 6.18. The summed E-state index contributed by atoms with van der Waals surface area (Å²) in [6.45, 7) is 0.763. The van der Waals surface area contributed by atoms with Gasteiger partial charge < -0.3 is 10.6 Å². The molecule has 1 amide bonds. The standard InChI is InChI=1S/C12H12BrN3O/c13-9-4-3-8(7-14)11(6-9)16-5-1-2-10(16)12(15)17/h3-4,6,10H,1-2,5H2,(H2,15,17). The Morgan fingerprint density at radius 2 is 2.35 bits per heavy atom. The zero-order chi connectivity index (χ0) is 12.4. The fraction of sp³-hybridized carbons (Fsp3) is 0.333. The third kappa shape index (κ3) is 2.27. The van der Waals surface area contributed by atoms with Gasteiger partial charge in [0.25, 0.3) is 0 Å². The van der Waals surface area contributed by atoms with Crippen LogP contribution in [-0.4, -0.2) is 18.5 Å². The molecule has 1 aromatic rings. The highest BCUT2D eigenvalue weighted by molar-refractivity contribution is 9.10. The maximum absolute atomic E-state index is 11.4. The van der Waals surface area contributed by atoms with E-state index in [9.17, 15) is 4.79 Å². The van der Waals surface area contributed by atoms with Crippen LogP contribution in [0.2, 0.25) is 0 Å². The number of nitrogens with two attached hydrogens (primary N) is 1. The number of hydrogen-bond acceptors (Lipinski definition) is 3. The van der Waals surface area contributed by atoms with E-state index in [1.807, 2.05) is 17.0 Å². The van der Waals surface area contributed by atoms with Crippen molar-refractivity contribution in [3.8, 4) is 6.07 Å². The van der Waals surface area contributed by atoms with E-state index >= 15 is 0 Å². The number of anilines is 1. The molecule has 17 heavy (non-hydrogen) atoms. The normalized spacial score (nSPS) is 19.1. The molecule has 4 nitrogen and oxygen atoms in total. The van der Waals surface area contributed by atoms with E-state index in [1.165, 1.54) is 0 Å². The molecule has 1 atom stereocenters. The molecule has 2 N–H and O–H groups in total. The molecule has 0 saturated carbocycles. The molecule has 2 rings (SSSR count). The van der Waals surface area contributed by atoms with Gasteiger partial charge in [0.1, 0.15) is 12.1 Å². The quantitative estimate of drug-likeness (QED) is 0.903. The summed E-state index contributed by atoms with van der Waals surface area (Å²) in [4.78, 5) is 13.3. The van der Waals surface area contributed by atoms with Gasteiger partial charge in [0.05, 0.1) is 11.3 Å². The average molecular weight is 294 g/mol. The van der Waals surface area contributed by atoms with Crippen LogP contribution in [0.15, 0.2) is 22.7 Å². The molecule has 1 aliphatic heterocycles. The van der Waals surface area contributed by atoms with Gasteiger partial charge in [0, 0.05) is 11.0 Å². The summed E-state index contributed by atoms with van der Waals surface area (Å²) in [6, 6.07) is 7.27. The summed E-state index contributed by atoms with van der Waals surface area (Å²) < 4.78 is 0.890. The molecular weight excluding hydrogens is 282 g/mol. The Kier molecular flexibility index (Phi) is 3.34. The lowest BCUT2D eigenvalue weighted by molar-refractivity contribution is -0.119. The van der Waals surface area contributed by atoms with Crippen molar-refractivity contribution in [3.05, 3.63) is 28.2 Å². The Morgan fingerprint density at radius 1 is 1.59 bits per heavy atom. The third-order valence-electron chi connectivity index (χ3n) is 2.97. The molecule has 0 bridgehead atoms. The number of nitrogens with zero attached hydrogens (tertiary/aromatic N) is 2. The predicted octanol–water partition coefficient (Wildman–Crippen LogP) is 1.77. The van der Waals surface area contributed by atoms with E-state index in [1.54, 1.807) is 6.07 Å².